The van der Waals surface area contributed by atoms with Crippen molar-refractivity contribution in [3.63, 3.8) is 0 Å². The number of aryl methyl sites for hydroxylation is 1. The minimum absolute atomic E-state index is 0.144. The number of carbonyl (C=O) groups is 2. The molecule has 0 spiro atoms. The third kappa shape index (κ3) is 3.06. The first-order valence-corrected chi connectivity index (χ1v) is 6.54. The van der Waals surface area contributed by atoms with Gasteiger partial charge in [-0.05, 0) is 42.8 Å². The summed E-state index contributed by atoms with van der Waals surface area (Å²) in [4.78, 5) is 23.8. The van der Waals surface area contributed by atoms with Crippen molar-refractivity contribution in [1.29, 1.82) is 0 Å². The first-order valence-electron chi connectivity index (χ1n) is 6.16. The van der Waals surface area contributed by atoms with Gasteiger partial charge in [-0.2, -0.15) is 0 Å². The number of nitrogens with one attached hydrogen (secondary N) is 1. The van der Waals surface area contributed by atoms with Crippen LogP contribution in [0.15, 0.2) is 42.5 Å². The van der Waals surface area contributed by atoms with Gasteiger partial charge in [0, 0.05) is 23.1 Å². The Bertz CT molecular complexity index is 663. The second kappa shape index (κ2) is 5.88. The van der Waals surface area contributed by atoms with Gasteiger partial charge in [-0.15, -0.1) is 0 Å². The molecule has 0 bridgehead atoms. The summed E-state index contributed by atoms with van der Waals surface area (Å²) >= 11 is 5.82. The smallest absolute Gasteiger partial charge is 0.221 e. The Labute approximate surface area is 122 Å². The molecule has 4 heteroatoms. The van der Waals surface area contributed by atoms with Crippen molar-refractivity contribution in [2.75, 3.05) is 5.32 Å². The van der Waals surface area contributed by atoms with Crippen molar-refractivity contribution < 1.29 is 9.59 Å². The molecule has 0 radical (unpaired) electrons. The van der Waals surface area contributed by atoms with Crippen LogP contribution in [0.2, 0.25) is 5.02 Å². The molecule has 0 heterocycles. The molecule has 0 saturated carbocycles. The standard InChI is InChI=1S/C16H14ClNO2/c1-10-4-3-5-14(15(10)18-11(2)19)16(20)12-6-8-13(17)9-7-12/h3-9H,1-2H3,(H,18,19). The molecule has 0 unspecified atom stereocenters. The molecule has 0 aromatic heterocycles. The van der Waals surface area contributed by atoms with Gasteiger partial charge < -0.3 is 5.32 Å². The lowest BCUT2D eigenvalue weighted by Gasteiger charge is -2.12. The summed E-state index contributed by atoms with van der Waals surface area (Å²) in [5.41, 5.74) is 2.41. The van der Waals surface area contributed by atoms with E-state index in [-0.39, 0.29) is 11.7 Å². The van der Waals surface area contributed by atoms with Gasteiger partial charge >= 0.3 is 0 Å². The minimum Gasteiger partial charge on any atom is -0.325 e. The molecule has 102 valence electrons. The van der Waals surface area contributed by atoms with Crippen molar-refractivity contribution in [1.82, 2.24) is 0 Å². The average Bonchev–Trinajstić information content (AvgIpc) is 2.41. The van der Waals surface area contributed by atoms with Crippen LogP contribution >= 0.6 is 11.6 Å². The SMILES string of the molecule is CC(=O)Nc1c(C)cccc1C(=O)c1ccc(Cl)cc1. The molecule has 0 saturated heterocycles. The van der Waals surface area contributed by atoms with E-state index in [0.29, 0.717) is 21.8 Å². The topological polar surface area (TPSA) is 46.2 Å². The van der Waals surface area contributed by atoms with Crippen LogP contribution in [-0.4, -0.2) is 11.7 Å². The van der Waals surface area contributed by atoms with Crippen LogP contribution in [-0.2, 0) is 4.79 Å². The molecule has 0 aliphatic carbocycles. The van der Waals surface area contributed by atoms with Crippen LogP contribution in [0.4, 0.5) is 5.69 Å². The predicted molar refractivity (Wildman–Crippen MR) is 80.4 cm³/mol. The van der Waals surface area contributed by atoms with Gasteiger partial charge in [0.1, 0.15) is 0 Å². The number of carbonyl (C=O) groups excluding carboxylic acids is 2. The van der Waals surface area contributed by atoms with E-state index in [1.807, 2.05) is 13.0 Å². The fourth-order valence-corrected chi connectivity index (χ4v) is 2.08. The van der Waals surface area contributed by atoms with Gasteiger partial charge in [-0.1, -0.05) is 23.7 Å². The van der Waals surface area contributed by atoms with E-state index in [9.17, 15) is 9.59 Å². The Kier molecular flexibility index (Phi) is 4.20. The normalized spacial score (nSPS) is 10.2. The highest BCUT2D eigenvalue weighted by Crippen LogP contribution is 2.24. The molecule has 2 aromatic carbocycles. The third-order valence-electron chi connectivity index (χ3n) is 2.92. The van der Waals surface area contributed by atoms with Crippen molar-refractivity contribution in [3.05, 3.63) is 64.2 Å². The van der Waals surface area contributed by atoms with E-state index in [1.54, 1.807) is 36.4 Å². The quantitative estimate of drug-likeness (QED) is 0.872. The van der Waals surface area contributed by atoms with Crippen LogP contribution in [0.5, 0.6) is 0 Å². The molecular weight excluding hydrogens is 274 g/mol. The Morgan fingerprint density at radius 1 is 1.05 bits per heavy atom. The fraction of sp³-hybridized carbons (Fsp3) is 0.125. The zero-order valence-corrected chi connectivity index (χ0v) is 12.0. The minimum atomic E-state index is -0.204. The molecule has 2 rings (SSSR count). The molecule has 1 N–H and O–H groups in total. The number of hydrogen-bond donors (Lipinski definition) is 1. The van der Waals surface area contributed by atoms with Crippen molar-refractivity contribution in [3.8, 4) is 0 Å². The largest absolute Gasteiger partial charge is 0.325 e. The highest BCUT2D eigenvalue weighted by molar-refractivity contribution is 6.30. The van der Waals surface area contributed by atoms with Crippen LogP contribution in [0.3, 0.4) is 0 Å². The number of anilines is 1. The summed E-state index contributed by atoms with van der Waals surface area (Å²) in [6.45, 7) is 3.27. The number of amides is 1. The van der Waals surface area contributed by atoms with E-state index < -0.39 is 0 Å². The van der Waals surface area contributed by atoms with Crippen LogP contribution in [0, 0.1) is 6.92 Å². The molecule has 3 nitrogen and oxygen atoms in total. The highest BCUT2D eigenvalue weighted by Gasteiger charge is 2.15. The third-order valence-corrected chi connectivity index (χ3v) is 3.18. The van der Waals surface area contributed by atoms with E-state index >= 15 is 0 Å². The zero-order valence-electron chi connectivity index (χ0n) is 11.2. The maximum absolute atomic E-state index is 12.5. The lowest BCUT2D eigenvalue weighted by molar-refractivity contribution is -0.114. The molecule has 2 aromatic rings. The van der Waals surface area contributed by atoms with Crippen molar-refractivity contribution in [2.45, 2.75) is 13.8 Å². The van der Waals surface area contributed by atoms with Gasteiger partial charge in [0.05, 0.1) is 5.69 Å². The lowest BCUT2D eigenvalue weighted by Crippen LogP contribution is -2.13. The van der Waals surface area contributed by atoms with Gasteiger partial charge in [-0.25, -0.2) is 0 Å². The summed E-state index contributed by atoms with van der Waals surface area (Å²) < 4.78 is 0. The second-order valence-electron chi connectivity index (χ2n) is 4.51. The van der Waals surface area contributed by atoms with Crippen LogP contribution in [0.1, 0.15) is 28.4 Å². The summed E-state index contributed by atoms with van der Waals surface area (Å²) in [5, 5.41) is 3.29. The summed E-state index contributed by atoms with van der Waals surface area (Å²) in [6, 6.07) is 12.0. The molecule has 0 atom stereocenters. The summed E-state index contributed by atoms with van der Waals surface area (Å²) in [7, 11) is 0. The van der Waals surface area contributed by atoms with Crippen molar-refractivity contribution in [2.24, 2.45) is 0 Å². The number of halogens is 1. The number of benzene rings is 2. The molecule has 1 amide bonds. The molecule has 0 aliphatic heterocycles. The van der Waals surface area contributed by atoms with E-state index in [4.69, 9.17) is 11.6 Å². The van der Waals surface area contributed by atoms with Crippen LogP contribution in [0.25, 0.3) is 0 Å². The maximum Gasteiger partial charge on any atom is 0.221 e. The number of para-hydroxylation sites is 1. The molecule has 0 fully saturated rings. The fourth-order valence-electron chi connectivity index (χ4n) is 1.96. The lowest BCUT2D eigenvalue weighted by atomic mass is 9.99. The zero-order chi connectivity index (χ0) is 14.7. The maximum atomic E-state index is 12.5. The highest BCUT2D eigenvalue weighted by atomic mass is 35.5. The number of rotatable bonds is 3. The van der Waals surface area contributed by atoms with Crippen LogP contribution < -0.4 is 5.32 Å². The number of hydrogen-bond acceptors (Lipinski definition) is 2. The first kappa shape index (κ1) is 14.3. The monoisotopic (exact) mass is 287 g/mol. The second-order valence-corrected chi connectivity index (χ2v) is 4.95. The van der Waals surface area contributed by atoms with Gasteiger partial charge in [0.25, 0.3) is 0 Å². The van der Waals surface area contributed by atoms with E-state index in [2.05, 4.69) is 5.32 Å². The van der Waals surface area contributed by atoms with Gasteiger partial charge in [0.15, 0.2) is 5.78 Å². The molecule has 0 aliphatic rings. The molecule has 20 heavy (non-hydrogen) atoms. The first-order chi connectivity index (χ1) is 9.49. The van der Waals surface area contributed by atoms with Gasteiger partial charge in [-0.3, -0.25) is 9.59 Å². The Hall–Kier alpha value is -2.13. The summed E-state index contributed by atoms with van der Waals surface area (Å²) in [6.07, 6.45) is 0. The predicted octanol–water partition coefficient (Wildman–Crippen LogP) is 3.84. The van der Waals surface area contributed by atoms with E-state index in [1.165, 1.54) is 6.92 Å². The van der Waals surface area contributed by atoms with Gasteiger partial charge in [0.2, 0.25) is 5.91 Å². The number of ketones is 1. The Morgan fingerprint density at radius 2 is 1.70 bits per heavy atom. The average molecular weight is 288 g/mol. The van der Waals surface area contributed by atoms with E-state index in [0.717, 1.165) is 5.56 Å². The Morgan fingerprint density at radius 3 is 2.30 bits per heavy atom. The Balaban J connectivity index is 2.46. The molecular formula is C16H14ClNO2. The summed E-state index contributed by atoms with van der Waals surface area (Å²) in [5.74, 6) is -0.349. The van der Waals surface area contributed by atoms with Crippen molar-refractivity contribution >= 4 is 29.0 Å².